The van der Waals surface area contributed by atoms with Crippen LogP contribution < -0.4 is 16.0 Å². The number of hydrogen-bond donors (Lipinski definition) is 4. The third kappa shape index (κ3) is 8.81. The molecular weight excluding hydrogens is 676 g/mol. The summed E-state index contributed by atoms with van der Waals surface area (Å²) < 4.78 is 9.53. The van der Waals surface area contributed by atoms with E-state index >= 15 is 0 Å². The van der Waals surface area contributed by atoms with Gasteiger partial charge in [0, 0.05) is 19.6 Å². The Morgan fingerprint density at radius 2 is 1.53 bits per heavy atom. The summed E-state index contributed by atoms with van der Waals surface area (Å²) in [7, 11) is 2.58. The lowest BCUT2D eigenvalue weighted by Gasteiger charge is -2.32. The summed E-state index contributed by atoms with van der Waals surface area (Å²) in [6.45, 7) is 13.3. The normalized spacial score (nSPS) is 18.8. The molecule has 5 unspecified atom stereocenters. The second-order valence-electron chi connectivity index (χ2n) is 14.5. The highest BCUT2D eigenvalue weighted by Crippen LogP contribution is 2.29. The zero-order valence-corrected chi connectivity index (χ0v) is 32.1. The van der Waals surface area contributed by atoms with Crippen LogP contribution in [0.1, 0.15) is 78.2 Å². The van der Waals surface area contributed by atoms with Crippen LogP contribution in [0.5, 0.6) is 0 Å². The van der Waals surface area contributed by atoms with Crippen LogP contribution in [0.25, 0.3) is 22.2 Å². The number of hydrogen-bond acceptors (Lipinski definition) is 9. The van der Waals surface area contributed by atoms with Gasteiger partial charge in [-0.2, -0.15) is 0 Å². The van der Waals surface area contributed by atoms with Crippen LogP contribution in [0.4, 0.5) is 9.59 Å². The minimum absolute atomic E-state index is 0.0933. The fourth-order valence-corrected chi connectivity index (χ4v) is 7.15. The standard InChI is InChI=1S/C39H54N8O6/c1-9-18-46(36(48)32(22(2)3)44-38(50)52-7)24(6)34-41-28-17-16-27(20-29(28)42-34)25-12-14-26(15-13-25)30-21-40-35(43-30)31-11-10-19-47(31)37(49)33(23(4)5)45-39(51)53-8/h12-17,20,22-24,31-33,35,40H,9-11,18-19,21H2,1-8H3,(H,41,42)(H,44,50)(H,45,51). The fourth-order valence-electron chi connectivity index (χ4n) is 7.15. The molecule has 3 heterocycles. The third-order valence-corrected chi connectivity index (χ3v) is 10.2. The Bertz CT molecular complexity index is 1800. The topological polar surface area (TPSA) is 170 Å². The molecule has 1 fully saturated rings. The number of H-pyrrole nitrogens is 1. The van der Waals surface area contributed by atoms with Gasteiger partial charge in [-0.3, -0.25) is 19.9 Å². The second-order valence-corrected chi connectivity index (χ2v) is 14.5. The van der Waals surface area contributed by atoms with Crippen molar-refractivity contribution in [2.24, 2.45) is 16.8 Å². The number of fused-ring (bicyclic) bond motifs is 1. The van der Waals surface area contributed by atoms with E-state index in [1.54, 1.807) is 4.90 Å². The molecule has 2 aromatic carbocycles. The quantitative estimate of drug-likeness (QED) is 0.190. The number of imidazole rings is 1. The number of amides is 4. The average Bonchev–Trinajstić information content (AvgIpc) is 3.93. The van der Waals surface area contributed by atoms with Gasteiger partial charge >= 0.3 is 12.2 Å². The number of alkyl carbamates (subject to hydrolysis) is 2. The minimum Gasteiger partial charge on any atom is -0.453 e. The van der Waals surface area contributed by atoms with Crippen LogP contribution in [0.2, 0.25) is 0 Å². The molecule has 14 nitrogen and oxygen atoms in total. The number of carbonyl (C=O) groups is 4. The third-order valence-electron chi connectivity index (χ3n) is 10.2. The van der Waals surface area contributed by atoms with Crippen molar-refractivity contribution in [3.05, 3.63) is 53.9 Å². The van der Waals surface area contributed by atoms with Crippen LogP contribution in [0, 0.1) is 11.8 Å². The Hall–Kier alpha value is -4.98. The Labute approximate surface area is 311 Å². The van der Waals surface area contributed by atoms with Gasteiger partial charge in [0.2, 0.25) is 11.8 Å². The van der Waals surface area contributed by atoms with Gasteiger partial charge in [-0.25, -0.2) is 14.6 Å². The van der Waals surface area contributed by atoms with Gasteiger partial charge in [0.1, 0.15) is 24.1 Å². The number of carbonyl (C=O) groups excluding carboxylic acids is 4. The molecule has 2 aliphatic heterocycles. The molecule has 0 bridgehead atoms. The first kappa shape index (κ1) is 39.2. The largest absolute Gasteiger partial charge is 0.453 e. The number of aromatic nitrogens is 2. The van der Waals surface area contributed by atoms with Crippen molar-refractivity contribution in [1.82, 2.24) is 35.7 Å². The lowest BCUT2D eigenvalue weighted by molar-refractivity contribution is -0.137. The highest BCUT2D eigenvalue weighted by Gasteiger charge is 2.40. The maximum absolute atomic E-state index is 13.7. The van der Waals surface area contributed by atoms with Crippen molar-refractivity contribution in [3.63, 3.8) is 0 Å². The van der Waals surface area contributed by atoms with Crippen LogP contribution in [-0.4, -0.2) is 108 Å². The van der Waals surface area contributed by atoms with Crippen LogP contribution in [-0.2, 0) is 19.1 Å². The molecule has 1 saturated heterocycles. The van der Waals surface area contributed by atoms with E-state index in [1.165, 1.54) is 14.2 Å². The summed E-state index contributed by atoms with van der Waals surface area (Å²) >= 11 is 0. The van der Waals surface area contributed by atoms with Crippen molar-refractivity contribution in [1.29, 1.82) is 0 Å². The van der Waals surface area contributed by atoms with Gasteiger partial charge in [0.25, 0.3) is 0 Å². The van der Waals surface area contributed by atoms with Gasteiger partial charge < -0.3 is 34.9 Å². The highest BCUT2D eigenvalue weighted by atomic mass is 16.5. The molecule has 0 saturated carbocycles. The summed E-state index contributed by atoms with van der Waals surface area (Å²) in [6, 6.07) is 12.5. The van der Waals surface area contributed by atoms with Gasteiger partial charge in [-0.05, 0) is 66.8 Å². The molecule has 53 heavy (non-hydrogen) atoms. The van der Waals surface area contributed by atoms with Gasteiger partial charge in [-0.15, -0.1) is 0 Å². The highest BCUT2D eigenvalue weighted by molar-refractivity contribution is 6.03. The first-order valence-corrected chi connectivity index (χ1v) is 18.6. The summed E-state index contributed by atoms with van der Waals surface area (Å²) in [4.78, 5) is 68.1. The van der Waals surface area contributed by atoms with Gasteiger partial charge in [0.15, 0.2) is 0 Å². The Morgan fingerprint density at radius 1 is 0.906 bits per heavy atom. The molecule has 0 aliphatic carbocycles. The predicted molar refractivity (Wildman–Crippen MR) is 203 cm³/mol. The number of nitrogens with zero attached hydrogens (tertiary/aromatic N) is 4. The molecule has 0 spiro atoms. The summed E-state index contributed by atoms with van der Waals surface area (Å²) in [5.74, 6) is 0.141. The lowest BCUT2D eigenvalue weighted by Crippen LogP contribution is -2.55. The Morgan fingerprint density at radius 3 is 2.15 bits per heavy atom. The first-order chi connectivity index (χ1) is 25.4. The Kier molecular flexibility index (Phi) is 12.8. The van der Waals surface area contributed by atoms with E-state index in [9.17, 15) is 19.2 Å². The number of ether oxygens (including phenoxy) is 2. The number of methoxy groups -OCH3 is 2. The second kappa shape index (κ2) is 17.2. The molecule has 3 aromatic rings. The molecule has 1 aromatic heterocycles. The molecule has 4 amide bonds. The lowest BCUT2D eigenvalue weighted by atomic mass is 10.0. The summed E-state index contributed by atoms with van der Waals surface area (Å²) in [5.41, 5.74) is 5.64. The smallest absolute Gasteiger partial charge is 0.407 e. The summed E-state index contributed by atoms with van der Waals surface area (Å²) in [5, 5.41) is 8.91. The number of aromatic amines is 1. The molecule has 14 heteroatoms. The van der Waals surface area contributed by atoms with Crippen LogP contribution in [0.15, 0.2) is 47.5 Å². The van der Waals surface area contributed by atoms with Crippen molar-refractivity contribution in [3.8, 4) is 11.1 Å². The maximum atomic E-state index is 13.7. The fraction of sp³-hybridized carbons (Fsp3) is 0.538. The van der Waals surface area contributed by atoms with Gasteiger partial charge in [-0.1, -0.05) is 65.0 Å². The van der Waals surface area contributed by atoms with Gasteiger partial charge in [0.05, 0.1) is 43.0 Å². The van der Waals surface area contributed by atoms with Crippen molar-refractivity contribution >= 4 is 40.7 Å². The van der Waals surface area contributed by atoms with E-state index in [-0.39, 0.29) is 41.9 Å². The van der Waals surface area contributed by atoms with Crippen LogP contribution in [0.3, 0.4) is 0 Å². The maximum Gasteiger partial charge on any atom is 0.407 e. The predicted octanol–water partition coefficient (Wildman–Crippen LogP) is 5.00. The number of benzene rings is 2. The zero-order valence-electron chi connectivity index (χ0n) is 32.1. The molecule has 5 atom stereocenters. The molecule has 4 N–H and O–H groups in total. The monoisotopic (exact) mass is 730 g/mol. The number of nitrogens with one attached hydrogen (secondary N) is 4. The van der Waals surface area contributed by atoms with E-state index in [1.807, 2.05) is 58.6 Å². The van der Waals surface area contributed by atoms with E-state index < -0.39 is 24.3 Å². The van der Waals surface area contributed by atoms with Crippen LogP contribution >= 0.6 is 0 Å². The molecule has 2 aliphatic rings. The van der Waals surface area contributed by atoms with E-state index in [0.29, 0.717) is 25.5 Å². The van der Waals surface area contributed by atoms with E-state index in [0.717, 1.165) is 52.7 Å². The molecule has 5 rings (SSSR count). The number of rotatable bonds is 13. The molecule has 286 valence electrons. The van der Waals surface area contributed by atoms with Crippen molar-refractivity contribution in [2.75, 3.05) is 33.9 Å². The summed E-state index contributed by atoms with van der Waals surface area (Å²) in [6.07, 6.45) is 0.964. The molecular formula is C39H54N8O6. The molecule has 0 radical (unpaired) electrons. The average molecular weight is 731 g/mol. The van der Waals surface area contributed by atoms with E-state index in [2.05, 4.69) is 51.3 Å². The Balaban J connectivity index is 1.29. The first-order valence-electron chi connectivity index (χ1n) is 18.6. The minimum atomic E-state index is -0.729. The van der Waals surface area contributed by atoms with Crippen molar-refractivity contribution < 1.29 is 28.7 Å². The number of aliphatic imine (C=N–C) groups is 1. The van der Waals surface area contributed by atoms with E-state index in [4.69, 9.17) is 19.5 Å². The zero-order chi connectivity index (χ0) is 38.4. The SMILES string of the molecule is CCCN(C(=O)C(NC(=O)OC)C(C)C)C(C)c1nc2ccc(-c3ccc(C4=NC(C5CCCN5C(=O)C(NC(=O)OC)C(C)C)NC4)cc3)cc2[nH]1. The van der Waals surface area contributed by atoms with Crippen molar-refractivity contribution in [2.45, 2.75) is 91.1 Å². The number of likely N-dealkylation sites (tertiary alicyclic amines) is 1.